The Morgan fingerprint density at radius 1 is 1.24 bits per heavy atom. The van der Waals surface area contributed by atoms with Gasteiger partial charge >= 0.3 is 0 Å². The van der Waals surface area contributed by atoms with Crippen LogP contribution in [-0.2, 0) is 0 Å². The van der Waals surface area contributed by atoms with Crippen molar-refractivity contribution in [3.8, 4) is 22.9 Å². The van der Waals surface area contributed by atoms with Gasteiger partial charge in [0.25, 0.3) is 0 Å². The molecule has 0 radical (unpaired) electrons. The molecule has 2 aromatic rings. The molecule has 0 spiro atoms. The summed E-state index contributed by atoms with van der Waals surface area (Å²) in [5.74, 6) is 2.91. The van der Waals surface area contributed by atoms with Gasteiger partial charge in [-0.3, -0.25) is 0 Å². The molecule has 0 bridgehead atoms. The van der Waals surface area contributed by atoms with Crippen LogP contribution in [0.5, 0.6) is 11.5 Å². The maximum absolute atomic E-state index is 5.41. The lowest BCUT2D eigenvalue weighted by atomic mass is 10.1. The Morgan fingerprint density at radius 2 is 2.05 bits per heavy atom. The maximum Gasteiger partial charge on any atom is 0.165 e. The molecule has 0 fully saturated rings. The molecular weight excluding hydrogens is 381 g/mol. The largest absolute Gasteiger partial charge is 0.497 e. The maximum atomic E-state index is 5.41. The summed E-state index contributed by atoms with van der Waals surface area (Å²) in [6, 6.07) is 5.61. The number of hydrogen-bond acceptors (Lipinski definition) is 5. The van der Waals surface area contributed by atoms with Crippen LogP contribution in [0.1, 0.15) is 13.3 Å². The Bertz CT molecular complexity index is 620. The van der Waals surface area contributed by atoms with Crippen LogP contribution < -0.4 is 14.8 Å². The lowest BCUT2D eigenvalue weighted by Gasteiger charge is -2.11. The molecule has 5 nitrogen and oxygen atoms in total. The number of ether oxygens (including phenoxy) is 2. The van der Waals surface area contributed by atoms with Crippen molar-refractivity contribution in [2.75, 3.05) is 26.1 Å². The van der Waals surface area contributed by atoms with Crippen LogP contribution in [0.25, 0.3) is 11.4 Å². The molecule has 0 saturated heterocycles. The van der Waals surface area contributed by atoms with Gasteiger partial charge in [0.1, 0.15) is 17.3 Å². The SMILES string of the molecule is CCCNc1nc(-c2ccc(OC)cc2OC)ncc1I. The number of halogens is 1. The Balaban J connectivity index is 2.41. The smallest absolute Gasteiger partial charge is 0.165 e. The number of hydrogen-bond donors (Lipinski definition) is 1. The topological polar surface area (TPSA) is 56.3 Å². The first-order chi connectivity index (χ1) is 10.2. The van der Waals surface area contributed by atoms with Gasteiger partial charge in [0.05, 0.1) is 23.4 Å². The van der Waals surface area contributed by atoms with Crippen LogP contribution in [0.3, 0.4) is 0 Å². The second-order valence-corrected chi connectivity index (χ2v) is 5.55. The summed E-state index contributed by atoms with van der Waals surface area (Å²) in [4.78, 5) is 9.00. The number of methoxy groups -OCH3 is 2. The molecule has 0 unspecified atom stereocenters. The van der Waals surface area contributed by atoms with E-state index in [9.17, 15) is 0 Å². The second-order valence-electron chi connectivity index (χ2n) is 4.38. The summed E-state index contributed by atoms with van der Waals surface area (Å²) >= 11 is 2.23. The highest BCUT2D eigenvalue weighted by Crippen LogP contribution is 2.32. The van der Waals surface area contributed by atoms with E-state index in [2.05, 4.69) is 44.8 Å². The molecule has 21 heavy (non-hydrogen) atoms. The van der Waals surface area contributed by atoms with E-state index in [-0.39, 0.29) is 0 Å². The molecule has 112 valence electrons. The first kappa shape index (κ1) is 15.8. The van der Waals surface area contributed by atoms with Crippen molar-refractivity contribution in [3.05, 3.63) is 28.0 Å². The third-order valence-electron chi connectivity index (χ3n) is 2.94. The Morgan fingerprint density at radius 3 is 2.71 bits per heavy atom. The third kappa shape index (κ3) is 3.75. The number of nitrogens with zero attached hydrogens (tertiary/aromatic N) is 2. The van der Waals surface area contributed by atoms with Gasteiger partial charge < -0.3 is 14.8 Å². The van der Waals surface area contributed by atoms with Gasteiger partial charge in [-0.25, -0.2) is 9.97 Å². The molecule has 1 aromatic heterocycles. The summed E-state index contributed by atoms with van der Waals surface area (Å²) in [5.41, 5.74) is 0.842. The number of nitrogens with one attached hydrogen (secondary N) is 1. The van der Waals surface area contributed by atoms with E-state index in [0.29, 0.717) is 11.6 Å². The van der Waals surface area contributed by atoms with E-state index in [1.54, 1.807) is 14.2 Å². The highest BCUT2D eigenvalue weighted by molar-refractivity contribution is 14.1. The third-order valence-corrected chi connectivity index (χ3v) is 3.73. The Labute approximate surface area is 138 Å². The summed E-state index contributed by atoms with van der Waals surface area (Å²) in [6.07, 6.45) is 2.85. The normalized spacial score (nSPS) is 10.3. The summed E-state index contributed by atoms with van der Waals surface area (Å²) in [7, 11) is 3.25. The van der Waals surface area contributed by atoms with Crippen LogP contribution in [0.2, 0.25) is 0 Å². The molecule has 1 aromatic carbocycles. The minimum absolute atomic E-state index is 0.633. The second kappa shape index (κ2) is 7.44. The first-order valence-corrected chi connectivity index (χ1v) is 7.76. The van der Waals surface area contributed by atoms with Gasteiger partial charge in [0.2, 0.25) is 0 Å². The van der Waals surface area contributed by atoms with Crippen molar-refractivity contribution >= 4 is 28.4 Å². The molecule has 0 atom stereocenters. The van der Waals surface area contributed by atoms with E-state index in [0.717, 1.165) is 33.7 Å². The van der Waals surface area contributed by atoms with E-state index >= 15 is 0 Å². The first-order valence-electron chi connectivity index (χ1n) is 6.68. The van der Waals surface area contributed by atoms with Crippen molar-refractivity contribution in [2.45, 2.75) is 13.3 Å². The molecule has 1 N–H and O–H groups in total. The number of anilines is 1. The highest BCUT2D eigenvalue weighted by Gasteiger charge is 2.12. The van der Waals surface area contributed by atoms with Crippen molar-refractivity contribution in [1.29, 1.82) is 0 Å². The van der Waals surface area contributed by atoms with Crippen LogP contribution >= 0.6 is 22.6 Å². The van der Waals surface area contributed by atoms with E-state index in [1.165, 1.54) is 0 Å². The number of rotatable bonds is 6. The van der Waals surface area contributed by atoms with Crippen molar-refractivity contribution in [2.24, 2.45) is 0 Å². The standard InChI is InChI=1S/C15H18IN3O2/c1-4-7-17-15-12(16)9-18-14(19-15)11-6-5-10(20-2)8-13(11)21-3/h5-6,8-9H,4,7H2,1-3H3,(H,17,18,19). The van der Waals surface area contributed by atoms with Gasteiger partial charge in [-0.15, -0.1) is 0 Å². The van der Waals surface area contributed by atoms with E-state index in [1.807, 2.05) is 24.4 Å². The average Bonchev–Trinajstić information content (AvgIpc) is 2.53. The molecule has 0 aliphatic carbocycles. The molecule has 0 aliphatic heterocycles. The molecule has 1 heterocycles. The lowest BCUT2D eigenvalue weighted by Crippen LogP contribution is -2.06. The van der Waals surface area contributed by atoms with E-state index in [4.69, 9.17) is 9.47 Å². The van der Waals surface area contributed by atoms with Crippen LogP contribution in [0.4, 0.5) is 5.82 Å². The lowest BCUT2D eigenvalue weighted by molar-refractivity contribution is 0.395. The zero-order valence-electron chi connectivity index (χ0n) is 12.3. The minimum Gasteiger partial charge on any atom is -0.497 e. The summed E-state index contributed by atoms with van der Waals surface area (Å²) < 4.78 is 11.6. The van der Waals surface area contributed by atoms with Gasteiger partial charge in [-0.2, -0.15) is 0 Å². The molecule has 2 rings (SSSR count). The van der Waals surface area contributed by atoms with Gasteiger partial charge in [-0.05, 0) is 41.1 Å². The van der Waals surface area contributed by atoms with Gasteiger partial charge in [0, 0.05) is 18.8 Å². The molecule has 0 aliphatic rings. The fourth-order valence-electron chi connectivity index (χ4n) is 1.85. The minimum atomic E-state index is 0.633. The molecule has 0 saturated carbocycles. The number of benzene rings is 1. The fraction of sp³-hybridized carbons (Fsp3) is 0.333. The molecule has 0 amide bonds. The van der Waals surface area contributed by atoms with Crippen molar-refractivity contribution < 1.29 is 9.47 Å². The summed E-state index contributed by atoms with van der Waals surface area (Å²) in [5, 5.41) is 3.31. The Hall–Kier alpha value is -1.57. The highest BCUT2D eigenvalue weighted by atomic mass is 127. The number of aromatic nitrogens is 2. The van der Waals surface area contributed by atoms with Crippen LogP contribution in [0.15, 0.2) is 24.4 Å². The zero-order chi connectivity index (χ0) is 15.2. The zero-order valence-corrected chi connectivity index (χ0v) is 14.5. The monoisotopic (exact) mass is 399 g/mol. The molecular formula is C15H18IN3O2. The summed E-state index contributed by atoms with van der Waals surface area (Å²) in [6.45, 7) is 3.00. The molecule has 6 heteroatoms. The van der Waals surface area contributed by atoms with Gasteiger partial charge in [-0.1, -0.05) is 6.92 Å². The predicted octanol–water partition coefficient (Wildman–Crippen LogP) is 3.59. The average molecular weight is 399 g/mol. The van der Waals surface area contributed by atoms with Gasteiger partial charge in [0.15, 0.2) is 5.82 Å². The van der Waals surface area contributed by atoms with E-state index < -0.39 is 0 Å². The quantitative estimate of drug-likeness (QED) is 0.753. The predicted molar refractivity (Wildman–Crippen MR) is 92.1 cm³/mol. The van der Waals surface area contributed by atoms with Crippen molar-refractivity contribution in [1.82, 2.24) is 9.97 Å². The van der Waals surface area contributed by atoms with Crippen LogP contribution in [-0.4, -0.2) is 30.7 Å². The van der Waals surface area contributed by atoms with Crippen molar-refractivity contribution in [3.63, 3.8) is 0 Å². The van der Waals surface area contributed by atoms with Crippen LogP contribution in [0, 0.1) is 3.57 Å². The Kier molecular flexibility index (Phi) is 5.60. The fourth-order valence-corrected chi connectivity index (χ4v) is 2.30.